The van der Waals surface area contributed by atoms with Gasteiger partial charge in [-0.3, -0.25) is 4.79 Å². The van der Waals surface area contributed by atoms with Gasteiger partial charge in [0.2, 0.25) is 0 Å². The maximum Gasteiger partial charge on any atom is 0.177 e. The zero-order valence-electron chi connectivity index (χ0n) is 8.34. The van der Waals surface area contributed by atoms with Crippen LogP contribution in [0, 0.1) is 0 Å². The predicted octanol–water partition coefficient (Wildman–Crippen LogP) is 3.69. The minimum Gasteiger partial charge on any atom is -0.340 e. The van der Waals surface area contributed by atoms with Crippen LogP contribution in [0.15, 0.2) is 18.2 Å². The lowest BCUT2D eigenvalue weighted by Gasteiger charge is -1.99. The number of benzene rings is 1. The van der Waals surface area contributed by atoms with Gasteiger partial charge in [0.15, 0.2) is 5.78 Å². The summed E-state index contributed by atoms with van der Waals surface area (Å²) in [5, 5.41) is 1.75. The third-order valence-corrected chi connectivity index (χ3v) is 3.13. The van der Waals surface area contributed by atoms with Crippen molar-refractivity contribution >= 4 is 39.9 Å². The van der Waals surface area contributed by atoms with Crippen molar-refractivity contribution in [3.63, 3.8) is 0 Å². The molecule has 0 aliphatic carbocycles. The van der Waals surface area contributed by atoms with Crippen LogP contribution >= 0.6 is 23.2 Å². The Morgan fingerprint density at radius 3 is 2.53 bits per heavy atom. The van der Waals surface area contributed by atoms with E-state index in [9.17, 15) is 4.79 Å². The van der Waals surface area contributed by atoms with Crippen LogP contribution in [0.25, 0.3) is 10.9 Å². The Labute approximate surface area is 97.4 Å². The van der Waals surface area contributed by atoms with Crippen molar-refractivity contribution in [2.24, 2.45) is 7.05 Å². The summed E-state index contributed by atoms with van der Waals surface area (Å²) in [6.07, 6.45) is 0. The summed E-state index contributed by atoms with van der Waals surface area (Å²) in [5.41, 5.74) is 1.37. The Morgan fingerprint density at radius 1 is 1.33 bits per heavy atom. The van der Waals surface area contributed by atoms with Crippen molar-refractivity contribution in [1.29, 1.82) is 0 Å². The number of rotatable bonds is 1. The summed E-state index contributed by atoms with van der Waals surface area (Å²) >= 11 is 12.2. The number of hydrogen-bond acceptors (Lipinski definition) is 1. The van der Waals surface area contributed by atoms with Crippen molar-refractivity contribution < 1.29 is 4.79 Å². The fourth-order valence-corrected chi connectivity index (χ4v) is 2.56. The largest absolute Gasteiger partial charge is 0.340 e. The first-order valence-corrected chi connectivity index (χ1v) is 5.23. The molecule has 0 atom stereocenters. The molecular weight excluding hydrogens is 233 g/mol. The third kappa shape index (κ3) is 1.45. The van der Waals surface area contributed by atoms with Gasteiger partial charge >= 0.3 is 0 Å². The van der Waals surface area contributed by atoms with E-state index in [-0.39, 0.29) is 5.78 Å². The minimum absolute atomic E-state index is 0.0604. The molecule has 1 heterocycles. The Balaban J connectivity index is 2.98. The van der Waals surface area contributed by atoms with Gasteiger partial charge in [-0.25, -0.2) is 0 Å². The summed E-state index contributed by atoms with van der Waals surface area (Å²) < 4.78 is 1.77. The number of Topliss-reactive ketones (excluding diaryl/α,β-unsaturated/α-hetero) is 1. The molecule has 2 rings (SSSR count). The molecule has 0 N–H and O–H groups in total. The van der Waals surface area contributed by atoms with Crippen molar-refractivity contribution in [2.45, 2.75) is 6.92 Å². The topological polar surface area (TPSA) is 22.0 Å². The Kier molecular flexibility index (Phi) is 2.49. The second kappa shape index (κ2) is 3.54. The summed E-state index contributed by atoms with van der Waals surface area (Å²) in [5.74, 6) is -0.0604. The van der Waals surface area contributed by atoms with E-state index in [1.165, 1.54) is 6.92 Å². The molecule has 1 aromatic carbocycles. The highest BCUT2D eigenvalue weighted by molar-refractivity contribution is 6.44. The molecule has 0 unspecified atom stereocenters. The number of aryl methyl sites for hydroxylation is 1. The molecule has 0 aliphatic rings. The predicted molar refractivity (Wildman–Crippen MR) is 62.9 cm³/mol. The quantitative estimate of drug-likeness (QED) is 0.699. The number of fused-ring (bicyclic) bond motifs is 1. The van der Waals surface area contributed by atoms with Crippen LogP contribution in [0.4, 0.5) is 0 Å². The highest BCUT2D eigenvalue weighted by Gasteiger charge is 2.18. The first-order chi connectivity index (χ1) is 7.04. The average Bonchev–Trinajstić information content (AvgIpc) is 2.40. The van der Waals surface area contributed by atoms with Gasteiger partial charge in [0.1, 0.15) is 5.69 Å². The number of carbonyl (C=O) groups is 1. The summed E-state index contributed by atoms with van der Waals surface area (Å²) in [4.78, 5) is 11.4. The van der Waals surface area contributed by atoms with E-state index in [2.05, 4.69) is 0 Å². The van der Waals surface area contributed by atoms with E-state index in [0.29, 0.717) is 15.7 Å². The maximum absolute atomic E-state index is 11.4. The van der Waals surface area contributed by atoms with Crippen molar-refractivity contribution in [3.05, 3.63) is 33.9 Å². The van der Waals surface area contributed by atoms with Gasteiger partial charge in [-0.1, -0.05) is 29.3 Å². The fraction of sp³-hybridized carbons (Fsp3) is 0.182. The molecule has 0 fully saturated rings. The highest BCUT2D eigenvalue weighted by atomic mass is 35.5. The van der Waals surface area contributed by atoms with Gasteiger partial charge in [0.25, 0.3) is 0 Å². The molecule has 2 aromatic rings. The van der Waals surface area contributed by atoms with Crippen LogP contribution in [0.5, 0.6) is 0 Å². The molecule has 0 bridgehead atoms. The van der Waals surface area contributed by atoms with E-state index in [4.69, 9.17) is 23.2 Å². The number of aromatic nitrogens is 1. The van der Waals surface area contributed by atoms with Gasteiger partial charge in [-0.05, 0) is 12.1 Å². The second-order valence-corrected chi connectivity index (χ2v) is 4.20. The highest BCUT2D eigenvalue weighted by Crippen LogP contribution is 2.35. The van der Waals surface area contributed by atoms with Crippen LogP contribution in [-0.4, -0.2) is 10.4 Å². The van der Waals surface area contributed by atoms with Crippen LogP contribution < -0.4 is 0 Å². The van der Waals surface area contributed by atoms with Gasteiger partial charge in [0, 0.05) is 19.4 Å². The standard InChI is InChI=1S/C11H9Cl2NO/c1-6(15)11-10(13)9-7(12)4-3-5-8(9)14(11)2/h3-5H,1-2H3. The number of ketones is 1. The van der Waals surface area contributed by atoms with Crippen LogP contribution in [-0.2, 0) is 7.05 Å². The molecule has 0 saturated heterocycles. The smallest absolute Gasteiger partial charge is 0.177 e. The minimum atomic E-state index is -0.0604. The molecule has 0 radical (unpaired) electrons. The van der Waals surface area contributed by atoms with Gasteiger partial charge in [-0.2, -0.15) is 0 Å². The first kappa shape index (κ1) is 10.5. The molecule has 1 aromatic heterocycles. The van der Waals surface area contributed by atoms with Gasteiger partial charge in [-0.15, -0.1) is 0 Å². The fourth-order valence-electron chi connectivity index (χ4n) is 1.79. The molecule has 0 amide bonds. The van der Waals surface area contributed by atoms with E-state index in [0.717, 1.165) is 10.9 Å². The number of carbonyl (C=O) groups excluding carboxylic acids is 1. The zero-order chi connectivity index (χ0) is 11.2. The Morgan fingerprint density at radius 2 is 2.00 bits per heavy atom. The van der Waals surface area contributed by atoms with Crippen LogP contribution in [0.2, 0.25) is 10.0 Å². The zero-order valence-corrected chi connectivity index (χ0v) is 9.86. The molecule has 0 spiro atoms. The second-order valence-electron chi connectivity index (χ2n) is 3.41. The molecule has 0 aliphatic heterocycles. The molecule has 15 heavy (non-hydrogen) atoms. The Hall–Kier alpha value is -0.990. The molecule has 0 saturated carbocycles. The summed E-state index contributed by atoms with van der Waals surface area (Å²) in [7, 11) is 1.81. The maximum atomic E-state index is 11.4. The molecular formula is C11H9Cl2NO. The van der Waals surface area contributed by atoms with E-state index < -0.39 is 0 Å². The molecule has 78 valence electrons. The van der Waals surface area contributed by atoms with Crippen molar-refractivity contribution in [3.8, 4) is 0 Å². The summed E-state index contributed by atoms with van der Waals surface area (Å²) in [6.45, 7) is 1.49. The van der Waals surface area contributed by atoms with E-state index >= 15 is 0 Å². The summed E-state index contributed by atoms with van der Waals surface area (Å²) in [6, 6.07) is 5.49. The first-order valence-electron chi connectivity index (χ1n) is 4.47. The number of halogens is 2. The lowest BCUT2D eigenvalue weighted by molar-refractivity contribution is 0.101. The monoisotopic (exact) mass is 241 g/mol. The van der Waals surface area contributed by atoms with E-state index in [1.54, 1.807) is 17.7 Å². The van der Waals surface area contributed by atoms with Crippen molar-refractivity contribution in [2.75, 3.05) is 0 Å². The van der Waals surface area contributed by atoms with Crippen LogP contribution in [0.3, 0.4) is 0 Å². The normalized spacial score (nSPS) is 10.9. The number of nitrogens with zero attached hydrogens (tertiary/aromatic N) is 1. The van der Waals surface area contributed by atoms with Crippen molar-refractivity contribution in [1.82, 2.24) is 4.57 Å². The Bertz CT molecular complexity index is 557. The average molecular weight is 242 g/mol. The van der Waals surface area contributed by atoms with E-state index in [1.807, 2.05) is 12.1 Å². The SMILES string of the molecule is CC(=O)c1c(Cl)c2c(Cl)cccc2n1C. The molecule has 4 heteroatoms. The molecule has 2 nitrogen and oxygen atoms in total. The lowest BCUT2D eigenvalue weighted by Crippen LogP contribution is -2.01. The number of hydrogen-bond donors (Lipinski definition) is 0. The van der Waals surface area contributed by atoms with Gasteiger partial charge < -0.3 is 4.57 Å². The van der Waals surface area contributed by atoms with Crippen LogP contribution in [0.1, 0.15) is 17.4 Å². The lowest BCUT2D eigenvalue weighted by atomic mass is 10.2. The third-order valence-electron chi connectivity index (χ3n) is 2.45. The van der Waals surface area contributed by atoms with Gasteiger partial charge in [0.05, 0.1) is 15.6 Å².